The number of para-hydroxylation sites is 1. The fourth-order valence-electron chi connectivity index (χ4n) is 3.09. The molecule has 1 N–H and O–H groups in total. The van der Waals surface area contributed by atoms with Gasteiger partial charge in [-0.05, 0) is 61.0 Å². The van der Waals surface area contributed by atoms with Crippen LogP contribution in [0.3, 0.4) is 0 Å². The molecular weight excluding hydrogens is 409 g/mol. The largest absolute Gasteiger partial charge is 0.494 e. The lowest BCUT2D eigenvalue weighted by Gasteiger charge is -2.26. The lowest BCUT2D eigenvalue weighted by Crippen LogP contribution is -2.44. The van der Waals surface area contributed by atoms with Crippen LogP contribution in [-0.2, 0) is 0 Å². The molecule has 1 aromatic heterocycles. The van der Waals surface area contributed by atoms with Crippen molar-refractivity contribution in [3.05, 3.63) is 63.8 Å². The first-order valence-corrected chi connectivity index (χ1v) is 9.22. The number of aromatic nitrogens is 4. The van der Waals surface area contributed by atoms with E-state index in [1.165, 1.54) is 30.2 Å². The first kappa shape index (κ1) is 21.7. The highest BCUT2D eigenvalue weighted by Gasteiger charge is 2.27. The van der Waals surface area contributed by atoms with Crippen LogP contribution >= 0.6 is 0 Å². The van der Waals surface area contributed by atoms with E-state index in [0.29, 0.717) is 14.9 Å². The van der Waals surface area contributed by atoms with Gasteiger partial charge in [0.2, 0.25) is 0 Å². The predicted octanol–water partition coefficient (Wildman–Crippen LogP) is 2.47. The van der Waals surface area contributed by atoms with E-state index < -0.39 is 29.5 Å². The molecule has 1 amide bonds. The molecule has 1 heterocycles. The second-order valence-corrected chi connectivity index (χ2v) is 6.93. The summed E-state index contributed by atoms with van der Waals surface area (Å²) in [4.78, 5) is 38.7. The normalized spacial score (nSPS) is 10.9. The number of anilines is 1. The Balaban J connectivity index is 2.10. The molecule has 10 nitrogen and oxygen atoms in total. The van der Waals surface area contributed by atoms with Crippen molar-refractivity contribution in [1.29, 1.82) is 0 Å². The lowest BCUT2D eigenvalue weighted by molar-refractivity contribution is 0.0696. The van der Waals surface area contributed by atoms with Gasteiger partial charge in [-0.2, -0.15) is 4.68 Å². The highest BCUT2D eigenvalue weighted by Crippen LogP contribution is 2.24. The third-order valence-corrected chi connectivity index (χ3v) is 4.60. The van der Waals surface area contributed by atoms with Crippen molar-refractivity contribution < 1.29 is 23.8 Å². The Bertz CT molecular complexity index is 1220. The van der Waals surface area contributed by atoms with Crippen LogP contribution < -0.4 is 15.3 Å². The zero-order valence-electron chi connectivity index (χ0n) is 17.2. The molecule has 0 atom stereocenters. The number of carbonyl (C=O) groups is 2. The quantitative estimate of drug-likeness (QED) is 0.619. The number of tetrazole rings is 1. The van der Waals surface area contributed by atoms with Crippen LogP contribution in [0.5, 0.6) is 5.75 Å². The molecule has 0 bridgehead atoms. The number of amides is 1. The Labute approximate surface area is 176 Å². The van der Waals surface area contributed by atoms with Gasteiger partial charge in [0, 0.05) is 11.7 Å². The zero-order valence-corrected chi connectivity index (χ0v) is 17.2. The summed E-state index contributed by atoms with van der Waals surface area (Å²) in [7, 11) is 1.30. The SMILES string of the molecule is COc1cccc(F)c1-n1nnn(C(=O)N(c2ccc(C)c(C(=O)O)c2)C(C)C)c1=O. The number of hydrogen-bond acceptors (Lipinski definition) is 6. The standard InChI is InChI=1S/C20H20FN5O5/c1-11(2)24(13-9-8-12(3)14(10-13)18(27)28)19(29)26-20(30)25(22-23-26)17-15(21)6-5-7-16(17)31-4/h5-11H,1-4H3,(H,27,28). The molecule has 0 saturated carbocycles. The molecule has 0 saturated heterocycles. The number of hydrogen-bond donors (Lipinski definition) is 1. The summed E-state index contributed by atoms with van der Waals surface area (Å²) >= 11 is 0. The smallest absolute Gasteiger partial charge is 0.377 e. The molecule has 162 valence electrons. The summed E-state index contributed by atoms with van der Waals surface area (Å²) in [6.07, 6.45) is 0. The maximum absolute atomic E-state index is 14.4. The van der Waals surface area contributed by atoms with E-state index in [-0.39, 0.29) is 22.7 Å². The monoisotopic (exact) mass is 429 g/mol. The Morgan fingerprint density at radius 1 is 1.19 bits per heavy atom. The minimum atomic E-state index is -1.15. The number of benzene rings is 2. The number of carbonyl (C=O) groups excluding carboxylic acids is 1. The molecule has 11 heteroatoms. The zero-order chi connectivity index (χ0) is 22.9. The van der Waals surface area contributed by atoms with Crippen LogP contribution in [-0.4, -0.2) is 50.0 Å². The highest BCUT2D eigenvalue weighted by atomic mass is 19.1. The lowest BCUT2D eigenvalue weighted by atomic mass is 10.1. The van der Waals surface area contributed by atoms with E-state index in [2.05, 4.69) is 10.4 Å². The summed E-state index contributed by atoms with van der Waals surface area (Å²) < 4.78 is 20.5. The van der Waals surface area contributed by atoms with Crippen LogP contribution in [0, 0.1) is 12.7 Å². The third kappa shape index (κ3) is 3.89. The average molecular weight is 429 g/mol. The van der Waals surface area contributed by atoms with E-state index in [9.17, 15) is 23.9 Å². The van der Waals surface area contributed by atoms with E-state index in [1.807, 2.05) is 0 Å². The average Bonchev–Trinajstić information content (AvgIpc) is 3.09. The molecule has 0 unspecified atom stereocenters. The van der Waals surface area contributed by atoms with Crippen molar-refractivity contribution in [2.45, 2.75) is 26.8 Å². The van der Waals surface area contributed by atoms with Gasteiger partial charge in [-0.3, -0.25) is 4.90 Å². The number of carboxylic acid groups (broad SMARTS) is 1. The summed E-state index contributed by atoms with van der Waals surface area (Å²) in [6.45, 7) is 5.01. The summed E-state index contributed by atoms with van der Waals surface area (Å²) in [5.74, 6) is -1.90. The van der Waals surface area contributed by atoms with Crippen LogP contribution in [0.15, 0.2) is 41.2 Å². The molecule has 3 rings (SSSR count). The van der Waals surface area contributed by atoms with Crippen molar-refractivity contribution in [3.63, 3.8) is 0 Å². The topological polar surface area (TPSA) is 120 Å². The van der Waals surface area contributed by atoms with Gasteiger partial charge >= 0.3 is 17.7 Å². The van der Waals surface area contributed by atoms with Gasteiger partial charge in [0.1, 0.15) is 11.4 Å². The number of aryl methyl sites for hydroxylation is 1. The fourth-order valence-corrected chi connectivity index (χ4v) is 3.09. The summed E-state index contributed by atoms with van der Waals surface area (Å²) in [5.41, 5.74) is -0.503. The number of ether oxygens (including phenoxy) is 1. The Morgan fingerprint density at radius 3 is 2.52 bits per heavy atom. The minimum absolute atomic E-state index is 0.0167. The Hall–Kier alpha value is -4.02. The number of rotatable bonds is 5. The van der Waals surface area contributed by atoms with Crippen LogP contribution in [0.1, 0.15) is 29.8 Å². The third-order valence-electron chi connectivity index (χ3n) is 4.60. The number of halogens is 1. The maximum Gasteiger partial charge on any atom is 0.377 e. The van der Waals surface area contributed by atoms with Gasteiger partial charge < -0.3 is 9.84 Å². The van der Waals surface area contributed by atoms with Crippen molar-refractivity contribution in [2.24, 2.45) is 0 Å². The Morgan fingerprint density at radius 2 is 1.90 bits per heavy atom. The van der Waals surface area contributed by atoms with Crippen molar-refractivity contribution in [2.75, 3.05) is 12.0 Å². The molecule has 0 aliphatic carbocycles. The number of carboxylic acids is 1. The van der Waals surface area contributed by atoms with Gasteiger partial charge in [0.15, 0.2) is 5.82 Å². The Kier molecular flexibility index (Phi) is 5.86. The second kappa shape index (κ2) is 8.38. The number of nitrogens with zero attached hydrogens (tertiary/aromatic N) is 5. The van der Waals surface area contributed by atoms with E-state index >= 15 is 0 Å². The fraction of sp³-hybridized carbons (Fsp3) is 0.250. The van der Waals surface area contributed by atoms with Crippen molar-refractivity contribution in [3.8, 4) is 11.4 Å². The first-order chi connectivity index (χ1) is 14.7. The van der Waals surface area contributed by atoms with E-state index in [1.54, 1.807) is 32.9 Å². The van der Waals surface area contributed by atoms with Crippen LogP contribution in [0.25, 0.3) is 5.69 Å². The molecule has 0 aliphatic heterocycles. The summed E-state index contributed by atoms with van der Waals surface area (Å²) in [5, 5.41) is 16.6. The number of methoxy groups -OCH3 is 1. The van der Waals surface area contributed by atoms with Crippen molar-refractivity contribution >= 4 is 17.7 Å². The first-order valence-electron chi connectivity index (χ1n) is 9.22. The highest BCUT2D eigenvalue weighted by molar-refractivity contribution is 5.96. The molecule has 2 aromatic carbocycles. The van der Waals surface area contributed by atoms with E-state index in [4.69, 9.17) is 4.74 Å². The summed E-state index contributed by atoms with van der Waals surface area (Å²) in [6, 6.07) is 7.08. The number of aromatic carboxylic acids is 1. The predicted molar refractivity (Wildman–Crippen MR) is 109 cm³/mol. The minimum Gasteiger partial charge on any atom is -0.494 e. The molecule has 3 aromatic rings. The van der Waals surface area contributed by atoms with E-state index in [0.717, 1.165) is 6.07 Å². The molecule has 31 heavy (non-hydrogen) atoms. The van der Waals surface area contributed by atoms with Crippen LogP contribution in [0.4, 0.5) is 14.9 Å². The van der Waals surface area contributed by atoms with Gasteiger partial charge in [0.25, 0.3) is 0 Å². The maximum atomic E-state index is 14.4. The molecule has 0 aliphatic rings. The van der Waals surface area contributed by atoms with Crippen LogP contribution in [0.2, 0.25) is 0 Å². The van der Waals surface area contributed by atoms with Gasteiger partial charge in [-0.25, -0.2) is 18.8 Å². The molecule has 0 radical (unpaired) electrons. The molecule has 0 spiro atoms. The second-order valence-electron chi connectivity index (χ2n) is 6.93. The van der Waals surface area contributed by atoms with Crippen molar-refractivity contribution in [1.82, 2.24) is 19.8 Å². The molecular formula is C20H20FN5O5. The molecule has 0 fully saturated rings. The van der Waals surface area contributed by atoms with Gasteiger partial charge in [0.05, 0.1) is 12.7 Å². The van der Waals surface area contributed by atoms with Gasteiger partial charge in [-0.1, -0.05) is 12.1 Å². The van der Waals surface area contributed by atoms with Gasteiger partial charge in [-0.15, -0.1) is 4.68 Å².